The summed E-state index contributed by atoms with van der Waals surface area (Å²) in [5, 5.41) is 0. The topological polar surface area (TPSA) is 37.4 Å². The summed E-state index contributed by atoms with van der Waals surface area (Å²) in [5.41, 5.74) is 4.44. The first-order chi connectivity index (χ1) is 10.6. The van der Waals surface area contributed by atoms with Crippen LogP contribution < -0.4 is 4.31 Å². The van der Waals surface area contributed by atoms with Gasteiger partial charge in [-0.15, -0.1) is 0 Å². The van der Waals surface area contributed by atoms with Crippen LogP contribution in [0.4, 0.5) is 5.69 Å². The minimum atomic E-state index is -3.49. The Morgan fingerprint density at radius 3 is 2.64 bits per heavy atom. The Hall–Kier alpha value is -1.81. The first-order valence-electron chi connectivity index (χ1n) is 7.81. The van der Waals surface area contributed by atoms with Gasteiger partial charge in [0.25, 0.3) is 10.0 Å². The molecule has 4 heteroatoms. The van der Waals surface area contributed by atoms with Crippen LogP contribution in [0.5, 0.6) is 0 Å². The number of sulfonamides is 1. The van der Waals surface area contributed by atoms with E-state index in [0.29, 0.717) is 4.90 Å². The van der Waals surface area contributed by atoms with Crippen LogP contribution in [-0.2, 0) is 29.3 Å². The smallest absolute Gasteiger partial charge is 0.263 e. The molecule has 0 fully saturated rings. The summed E-state index contributed by atoms with van der Waals surface area (Å²) in [6.45, 7) is 1.98. The molecule has 1 aliphatic carbocycles. The van der Waals surface area contributed by atoms with Gasteiger partial charge in [0.1, 0.15) is 0 Å². The molecule has 114 valence electrons. The van der Waals surface area contributed by atoms with Gasteiger partial charge in [0.15, 0.2) is 0 Å². The van der Waals surface area contributed by atoms with Crippen LogP contribution >= 0.6 is 0 Å². The number of anilines is 1. The first-order valence-corrected chi connectivity index (χ1v) is 9.25. The molecule has 0 radical (unpaired) electrons. The number of aryl methyl sites for hydroxylation is 2. The summed E-state index contributed by atoms with van der Waals surface area (Å²) in [6, 6.07) is 13.4. The highest BCUT2D eigenvalue weighted by molar-refractivity contribution is 7.92. The van der Waals surface area contributed by atoms with Gasteiger partial charge in [-0.1, -0.05) is 24.3 Å². The second-order valence-electron chi connectivity index (χ2n) is 6.27. The zero-order chi connectivity index (χ0) is 15.3. The molecule has 1 aliphatic heterocycles. The highest BCUT2D eigenvalue weighted by atomic mass is 32.2. The van der Waals surface area contributed by atoms with Gasteiger partial charge in [-0.05, 0) is 67.5 Å². The number of nitrogens with zero attached hydrogens (tertiary/aromatic N) is 1. The van der Waals surface area contributed by atoms with E-state index in [0.717, 1.165) is 36.9 Å². The van der Waals surface area contributed by atoms with Crippen molar-refractivity contribution in [2.24, 2.45) is 0 Å². The van der Waals surface area contributed by atoms with E-state index in [4.69, 9.17) is 0 Å². The Bertz CT molecular complexity index is 842. The highest BCUT2D eigenvalue weighted by Gasteiger charge is 2.36. The van der Waals surface area contributed by atoms with Gasteiger partial charge in [-0.3, -0.25) is 4.31 Å². The number of hydrogen-bond donors (Lipinski definition) is 0. The van der Waals surface area contributed by atoms with E-state index in [1.165, 1.54) is 11.1 Å². The van der Waals surface area contributed by atoms with Gasteiger partial charge in [0.05, 0.1) is 10.6 Å². The van der Waals surface area contributed by atoms with Crippen molar-refractivity contribution >= 4 is 15.7 Å². The number of rotatable bonds is 2. The lowest BCUT2D eigenvalue weighted by atomic mass is 10.1. The van der Waals surface area contributed by atoms with Crippen molar-refractivity contribution in [2.75, 3.05) is 4.31 Å². The largest absolute Gasteiger partial charge is 0.264 e. The molecule has 22 heavy (non-hydrogen) atoms. The normalized spacial score (nSPS) is 20.0. The van der Waals surface area contributed by atoms with Crippen LogP contribution in [0, 0.1) is 0 Å². The molecule has 1 atom stereocenters. The molecular formula is C18H19NO2S. The predicted molar refractivity (Wildman–Crippen MR) is 87.7 cm³/mol. The third kappa shape index (κ3) is 1.97. The lowest BCUT2D eigenvalue weighted by Crippen LogP contribution is -2.35. The van der Waals surface area contributed by atoms with E-state index < -0.39 is 10.0 Å². The highest BCUT2D eigenvalue weighted by Crippen LogP contribution is 2.37. The predicted octanol–water partition coefficient (Wildman–Crippen LogP) is 3.32. The van der Waals surface area contributed by atoms with E-state index in [9.17, 15) is 8.42 Å². The van der Waals surface area contributed by atoms with E-state index in [1.54, 1.807) is 10.4 Å². The minimum absolute atomic E-state index is 0.0318. The standard InChI is InChI=1S/C18H19NO2S/c1-13-11-16-5-2-3-8-18(16)19(13)22(20,21)17-10-9-14-6-4-7-15(14)12-17/h2-3,5,8-10,12-13H,4,6-7,11H2,1H3/t13-/m1/s1. The second kappa shape index (κ2) is 4.85. The molecule has 0 spiro atoms. The van der Waals surface area contributed by atoms with Crippen LogP contribution in [0.2, 0.25) is 0 Å². The molecule has 0 saturated heterocycles. The van der Waals surface area contributed by atoms with Gasteiger partial charge < -0.3 is 0 Å². The summed E-state index contributed by atoms with van der Waals surface area (Å²) < 4.78 is 27.9. The van der Waals surface area contributed by atoms with Crippen LogP contribution in [0.3, 0.4) is 0 Å². The van der Waals surface area contributed by atoms with Gasteiger partial charge >= 0.3 is 0 Å². The molecule has 2 aromatic rings. The monoisotopic (exact) mass is 313 g/mol. The fraction of sp³-hybridized carbons (Fsp3) is 0.333. The quantitative estimate of drug-likeness (QED) is 0.853. The number of para-hydroxylation sites is 1. The molecule has 0 unspecified atom stereocenters. The zero-order valence-electron chi connectivity index (χ0n) is 12.6. The third-order valence-corrected chi connectivity index (χ3v) is 6.70. The number of hydrogen-bond acceptors (Lipinski definition) is 2. The summed E-state index contributed by atoms with van der Waals surface area (Å²) in [6.07, 6.45) is 3.96. The Balaban J connectivity index is 1.81. The molecule has 3 nitrogen and oxygen atoms in total. The molecule has 0 amide bonds. The Morgan fingerprint density at radius 2 is 1.77 bits per heavy atom. The van der Waals surface area contributed by atoms with E-state index in [-0.39, 0.29) is 6.04 Å². The van der Waals surface area contributed by atoms with Gasteiger partial charge in [-0.25, -0.2) is 8.42 Å². The second-order valence-corrected chi connectivity index (χ2v) is 8.08. The Labute approximate surface area is 131 Å². The molecular weight excluding hydrogens is 294 g/mol. The van der Waals surface area contributed by atoms with E-state index in [2.05, 4.69) is 0 Å². The van der Waals surface area contributed by atoms with E-state index in [1.807, 2.05) is 43.3 Å². The molecule has 2 aromatic carbocycles. The van der Waals surface area contributed by atoms with Crippen LogP contribution in [0.25, 0.3) is 0 Å². The maximum Gasteiger partial charge on any atom is 0.264 e. The summed E-state index contributed by atoms with van der Waals surface area (Å²) in [4.78, 5) is 0.428. The average molecular weight is 313 g/mol. The fourth-order valence-corrected chi connectivity index (χ4v) is 5.47. The third-order valence-electron chi connectivity index (χ3n) is 4.77. The molecule has 0 aromatic heterocycles. The first kappa shape index (κ1) is 13.8. The lowest BCUT2D eigenvalue weighted by Gasteiger charge is -2.24. The Kier molecular flexibility index (Phi) is 3.05. The van der Waals surface area contributed by atoms with Gasteiger partial charge in [0, 0.05) is 6.04 Å². The zero-order valence-corrected chi connectivity index (χ0v) is 13.4. The maximum absolute atomic E-state index is 13.1. The van der Waals surface area contributed by atoms with Gasteiger partial charge in [-0.2, -0.15) is 0 Å². The molecule has 0 bridgehead atoms. The minimum Gasteiger partial charge on any atom is -0.263 e. The van der Waals surface area contributed by atoms with Crippen molar-refractivity contribution in [3.63, 3.8) is 0 Å². The average Bonchev–Trinajstić information content (AvgIpc) is 3.08. The van der Waals surface area contributed by atoms with Crippen molar-refractivity contribution in [3.05, 3.63) is 59.2 Å². The van der Waals surface area contributed by atoms with Crippen molar-refractivity contribution in [2.45, 2.75) is 43.5 Å². The lowest BCUT2D eigenvalue weighted by molar-refractivity contribution is 0.584. The van der Waals surface area contributed by atoms with Crippen LogP contribution in [0.1, 0.15) is 30.0 Å². The fourth-order valence-electron chi connectivity index (χ4n) is 3.73. The molecule has 0 N–H and O–H groups in total. The number of fused-ring (bicyclic) bond motifs is 2. The summed E-state index contributed by atoms with van der Waals surface area (Å²) in [7, 11) is -3.49. The maximum atomic E-state index is 13.1. The van der Waals surface area contributed by atoms with Crippen molar-refractivity contribution < 1.29 is 8.42 Å². The number of benzene rings is 2. The van der Waals surface area contributed by atoms with Crippen molar-refractivity contribution in [1.29, 1.82) is 0 Å². The van der Waals surface area contributed by atoms with Crippen LogP contribution in [-0.4, -0.2) is 14.5 Å². The van der Waals surface area contributed by atoms with Gasteiger partial charge in [0.2, 0.25) is 0 Å². The van der Waals surface area contributed by atoms with Crippen molar-refractivity contribution in [3.8, 4) is 0 Å². The SMILES string of the molecule is C[C@@H]1Cc2ccccc2N1S(=O)(=O)c1ccc2c(c1)CCC2. The molecule has 1 heterocycles. The van der Waals surface area contributed by atoms with Crippen LogP contribution in [0.15, 0.2) is 47.4 Å². The van der Waals surface area contributed by atoms with Crippen molar-refractivity contribution in [1.82, 2.24) is 0 Å². The summed E-state index contributed by atoms with van der Waals surface area (Å²) >= 11 is 0. The molecule has 4 rings (SSSR count). The van der Waals surface area contributed by atoms with E-state index >= 15 is 0 Å². The Morgan fingerprint density at radius 1 is 1.00 bits per heavy atom. The molecule has 2 aliphatic rings. The summed E-state index contributed by atoms with van der Waals surface area (Å²) in [5.74, 6) is 0. The molecule has 0 saturated carbocycles.